The topological polar surface area (TPSA) is 0 Å². The normalized spacial score (nSPS) is 50.6. The Morgan fingerprint density at radius 1 is 0.840 bits per heavy atom. The van der Waals surface area contributed by atoms with Gasteiger partial charge in [-0.25, -0.2) is 0 Å². The van der Waals surface area contributed by atoms with Crippen LogP contribution in [0, 0.1) is 46.3 Å². The predicted octanol–water partition coefficient (Wildman–Crippen LogP) is 7.86. The molecule has 0 aromatic heterocycles. The minimum Gasteiger partial charge on any atom is -0.0654 e. The van der Waals surface area contributed by atoms with Gasteiger partial charge in [0.15, 0.2) is 0 Å². The van der Waals surface area contributed by atoms with E-state index < -0.39 is 0 Å². The maximum atomic E-state index is 2.74. The molecule has 0 bridgehead atoms. The molecular weight excluding hydrogens is 300 g/mol. The van der Waals surface area contributed by atoms with Crippen molar-refractivity contribution in [2.24, 2.45) is 46.3 Å². The van der Waals surface area contributed by atoms with Crippen molar-refractivity contribution in [3.05, 3.63) is 0 Å². The van der Waals surface area contributed by atoms with Crippen LogP contribution < -0.4 is 0 Å². The number of hydrogen-bond acceptors (Lipinski definition) is 0. The highest BCUT2D eigenvalue weighted by atomic mass is 14.6. The molecule has 4 aliphatic carbocycles. The first-order chi connectivity index (χ1) is 12.0. The second-order valence-electron chi connectivity index (χ2n) is 11.3. The SMILES string of the molecule is CCCCC(C)C1CCC2C3CCC4CCCCC4(C)C3CCC12C. The zero-order valence-corrected chi connectivity index (χ0v) is 17.7. The van der Waals surface area contributed by atoms with Gasteiger partial charge in [0.2, 0.25) is 0 Å². The summed E-state index contributed by atoms with van der Waals surface area (Å²) in [7, 11) is 0. The third-order valence-electron chi connectivity index (χ3n) is 10.4. The standard InChI is InChI=1S/C25H44/c1-5-6-9-18(2)21-13-14-22-20-12-11-19-10-7-8-16-24(19,3)23(20)15-17-25(21,22)4/h18-23H,5-17H2,1-4H3. The van der Waals surface area contributed by atoms with Gasteiger partial charge in [-0.05, 0) is 97.7 Å². The van der Waals surface area contributed by atoms with Crippen molar-refractivity contribution in [3.63, 3.8) is 0 Å². The second kappa shape index (κ2) is 6.87. The summed E-state index contributed by atoms with van der Waals surface area (Å²) in [5.74, 6) is 6.30. The summed E-state index contributed by atoms with van der Waals surface area (Å²) in [6, 6.07) is 0. The maximum absolute atomic E-state index is 2.74. The van der Waals surface area contributed by atoms with Crippen LogP contribution in [0.25, 0.3) is 0 Å². The molecule has 4 rings (SSSR count). The summed E-state index contributed by atoms with van der Waals surface area (Å²) in [4.78, 5) is 0. The summed E-state index contributed by atoms with van der Waals surface area (Å²) in [5.41, 5.74) is 1.40. The number of fused-ring (bicyclic) bond motifs is 5. The van der Waals surface area contributed by atoms with Crippen molar-refractivity contribution < 1.29 is 0 Å². The number of rotatable bonds is 4. The monoisotopic (exact) mass is 344 g/mol. The molecule has 4 saturated carbocycles. The molecule has 0 aromatic rings. The first-order valence-corrected chi connectivity index (χ1v) is 12.0. The van der Waals surface area contributed by atoms with E-state index in [9.17, 15) is 0 Å². The molecule has 144 valence electrons. The molecule has 0 amide bonds. The Labute approximate surface area is 157 Å². The van der Waals surface area contributed by atoms with Gasteiger partial charge >= 0.3 is 0 Å². The molecule has 0 spiro atoms. The molecular formula is C25H44. The van der Waals surface area contributed by atoms with Gasteiger partial charge in [0.25, 0.3) is 0 Å². The van der Waals surface area contributed by atoms with Crippen LogP contribution >= 0.6 is 0 Å². The fraction of sp³-hybridized carbons (Fsp3) is 1.00. The van der Waals surface area contributed by atoms with Gasteiger partial charge < -0.3 is 0 Å². The maximum Gasteiger partial charge on any atom is -0.0264 e. The van der Waals surface area contributed by atoms with Gasteiger partial charge in [0.05, 0.1) is 0 Å². The Hall–Kier alpha value is 0. The quantitative estimate of drug-likeness (QED) is 0.487. The first-order valence-electron chi connectivity index (χ1n) is 12.0. The zero-order valence-electron chi connectivity index (χ0n) is 17.7. The third-order valence-corrected chi connectivity index (χ3v) is 10.4. The van der Waals surface area contributed by atoms with Crippen LogP contribution in [0.3, 0.4) is 0 Å². The molecule has 0 nitrogen and oxygen atoms in total. The van der Waals surface area contributed by atoms with E-state index in [1.807, 2.05) is 0 Å². The van der Waals surface area contributed by atoms with Gasteiger partial charge in [-0.3, -0.25) is 0 Å². The van der Waals surface area contributed by atoms with Gasteiger partial charge in [-0.1, -0.05) is 59.8 Å². The molecule has 8 unspecified atom stereocenters. The number of unbranched alkanes of at least 4 members (excludes halogenated alkanes) is 1. The van der Waals surface area contributed by atoms with Gasteiger partial charge in [-0.2, -0.15) is 0 Å². The average Bonchev–Trinajstić information content (AvgIpc) is 2.96. The predicted molar refractivity (Wildman–Crippen MR) is 109 cm³/mol. The molecule has 0 aliphatic heterocycles. The fourth-order valence-electron chi connectivity index (χ4n) is 9.00. The zero-order chi connectivity index (χ0) is 17.7. The summed E-state index contributed by atoms with van der Waals surface area (Å²) in [6.45, 7) is 10.4. The molecule has 0 aromatic carbocycles. The van der Waals surface area contributed by atoms with Crippen molar-refractivity contribution in [1.82, 2.24) is 0 Å². The molecule has 0 heteroatoms. The van der Waals surface area contributed by atoms with Crippen LogP contribution in [0.5, 0.6) is 0 Å². The van der Waals surface area contributed by atoms with Crippen molar-refractivity contribution in [2.75, 3.05) is 0 Å². The van der Waals surface area contributed by atoms with Crippen molar-refractivity contribution in [3.8, 4) is 0 Å². The van der Waals surface area contributed by atoms with Gasteiger partial charge in [0.1, 0.15) is 0 Å². The largest absolute Gasteiger partial charge is 0.0654 e. The molecule has 0 saturated heterocycles. The lowest BCUT2D eigenvalue weighted by Gasteiger charge is -2.61. The van der Waals surface area contributed by atoms with E-state index in [1.54, 1.807) is 51.4 Å². The van der Waals surface area contributed by atoms with E-state index in [4.69, 9.17) is 0 Å². The summed E-state index contributed by atoms with van der Waals surface area (Å²) < 4.78 is 0. The van der Waals surface area contributed by atoms with Crippen LogP contribution in [-0.4, -0.2) is 0 Å². The molecule has 25 heavy (non-hydrogen) atoms. The Bertz CT molecular complexity index is 467. The van der Waals surface area contributed by atoms with Crippen molar-refractivity contribution in [2.45, 2.75) is 111 Å². The second-order valence-corrected chi connectivity index (χ2v) is 11.3. The Morgan fingerprint density at radius 3 is 2.44 bits per heavy atom. The van der Waals surface area contributed by atoms with Crippen molar-refractivity contribution in [1.29, 1.82) is 0 Å². The minimum absolute atomic E-state index is 0.687. The Kier molecular flexibility index (Phi) is 5.04. The van der Waals surface area contributed by atoms with E-state index in [0.29, 0.717) is 10.8 Å². The minimum atomic E-state index is 0.687. The highest BCUT2D eigenvalue weighted by molar-refractivity contribution is 5.09. The highest BCUT2D eigenvalue weighted by Crippen LogP contribution is 2.68. The van der Waals surface area contributed by atoms with E-state index in [1.165, 1.54) is 32.1 Å². The Balaban J connectivity index is 1.53. The molecule has 4 aliphatic rings. The average molecular weight is 345 g/mol. The van der Waals surface area contributed by atoms with Crippen LogP contribution in [0.15, 0.2) is 0 Å². The molecule has 4 fully saturated rings. The van der Waals surface area contributed by atoms with E-state index in [-0.39, 0.29) is 0 Å². The lowest BCUT2D eigenvalue weighted by molar-refractivity contribution is -0.114. The number of hydrogen-bond donors (Lipinski definition) is 0. The van der Waals surface area contributed by atoms with E-state index in [2.05, 4.69) is 27.7 Å². The van der Waals surface area contributed by atoms with Crippen LogP contribution in [-0.2, 0) is 0 Å². The lowest BCUT2D eigenvalue weighted by Crippen LogP contribution is -2.53. The third kappa shape index (κ3) is 2.84. The van der Waals surface area contributed by atoms with Crippen LogP contribution in [0.4, 0.5) is 0 Å². The molecule has 0 heterocycles. The molecule has 0 N–H and O–H groups in total. The molecule has 8 atom stereocenters. The summed E-state index contributed by atoms with van der Waals surface area (Å²) >= 11 is 0. The first kappa shape index (κ1) is 18.4. The Morgan fingerprint density at radius 2 is 1.64 bits per heavy atom. The van der Waals surface area contributed by atoms with Crippen LogP contribution in [0.2, 0.25) is 0 Å². The molecule has 0 radical (unpaired) electrons. The summed E-state index contributed by atoms with van der Waals surface area (Å²) in [5, 5.41) is 0. The van der Waals surface area contributed by atoms with Crippen molar-refractivity contribution >= 4 is 0 Å². The fourth-order valence-corrected chi connectivity index (χ4v) is 9.00. The smallest absolute Gasteiger partial charge is 0.0264 e. The highest BCUT2D eigenvalue weighted by Gasteiger charge is 2.59. The summed E-state index contributed by atoms with van der Waals surface area (Å²) in [6.07, 6.45) is 19.9. The van der Waals surface area contributed by atoms with E-state index in [0.717, 1.165) is 35.5 Å². The van der Waals surface area contributed by atoms with Gasteiger partial charge in [0, 0.05) is 0 Å². The van der Waals surface area contributed by atoms with Gasteiger partial charge in [-0.15, -0.1) is 0 Å². The lowest BCUT2D eigenvalue weighted by atomic mass is 9.44. The van der Waals surface area contributed by atoms with Crippen LogP contribution in [0.1, 0.15) is 111 Å². The van der Waals surface area contributed by atoms with E-state index >= 15 is 0 Å².